The van der Waals surface area contributed by atoms with Crippen molar-refractivity contribution >= 4 is 23.4 Å². The Balaban J connectivity index is 1.77. The van der Waals surface area contributed by atoms with Crippen LogP contribution >= 0.6 is 11.8 Å². The molecule has 0 aliphatic rings. The van der Waals surface area contributed by atoms with Gasteiger partial charge in [-0.1, -0.05) is 11.3 Å². The number of amides is 1. The van der Waals surface area contributed by atoms with E-state index in [1.54, 1.807) is 42.4 Å². The Kier molecular flexibility index (Phi) is 5.35. The second kappa shape index (κ2) is 8.24. The fourth-order valence-corrected chi connectivity index (χ4v) is 3.31. The molecule has 2 heterocycles. The van der Waals surface area contributed by atoms with E-state index in [0.717, 1.165) is 4.90 Å². The third kappa shape index (κ3) is 4.02. The Morgan fingerprint density at radius 2 is 1.93 bits per heavy atom. The van der Waals surface area contributed by atoms with Crippen molar-refractivity contribution in [3.05, 3.63) is 84.6 Å². The van der Waals surface area contributed by atoms with Crippen LogP contribution < -0.4 is 5.32 Å². The number of nitrogens with one attached hydrogen (secondary N) is 1. The molecule has 0 saturated carbocycles. The van der Waals surface area contributed by atoms with Gasteiger partial charge in [0.25, 0.3) is 5.91 Å². The number of hydrogen-bond donors (Lipinski definition) is 1. The summed E-state index contributed by atoms with van der Waals surface area (Å²) in [6.45, 7) is 0. The minimum absolute atomic E-state index is 0.150. The molecule has 0 saturated heterocycles. The molecule has 2 aromatic heterocycles. The zero-order valence-corrected chi connectivity index (χ0v) is 16.2. The fourth-order valence-electron chi connectivity index (χ4n) is 2.85. The second-order valence-electron chi connectivity index (χ2n) is 6.10. The summed E-state index contributed by atoms with van der Waals surface area (Å²) in [6.07, 6.45) is 5.24. The highest BCUT2D eigenvalue weighted by Gasteiger charge is 2.22. The van der Waals surface area contributed by atoms with Crippen LogP contribution in [0.25, 0.3) is 16.9 Å². The smallest absolute Gasteiger partial charge is 0.278 e. The molecule has 0 atom stereocenters. The molecule has 2 aromatic carbocycles. The van der Waals surface area contributed by atoms with Gasteiger partial charge in [0.15, 0.2) is 5.69 Å². The van der Waals surface area contributed by atoms with Crippen molar-refractivity contribution in [1.82, 2.24) is 20.0 Å². The number of nitrogens with zero attached hydrogens (tertiary/aromatic N) is 4. The van der Waals surface area contributed by atoms with Crippen LogP contribution in [0, 0.1) is 5.82 Å². The predicted molar refractivity (Wildman–Crippen MR) is 111 cm³/mol. The van der Waals surface area contributed by atoms with Crippen LogP contribution in [0.5, 0.6) is 0 Å². The van der Waals surface area contributed by atoms with Crippen molar-refractivity contribution < 1.29 is 9.18 Å². The lowest BCUT2D eigenvalue weighted by Gasteiger charge is -2.09. The first-order valence-electron chi connectivity index (χ1n) is 8.73. The molecule has 8 heteroatoms. The Hall–Kier alpha value is -3.52. The first-order valence-corrected chi connectivity index (χ1v) is 9.95. The van der Waals surface area contributed by atoms with Crippen molar-refractivity contribution in [3.8, 4) is 16.9 Å². The quantitative estimate of drug-likeness (QED) is 0.497. The average Bonchev–Trinajstić information content (AvgIpc) is 3.20. The lowest BCUT2D eigenvalue weighted by atomic mass is 10.1. The van der Waals surface area contributed by atoms with Gasteiger partial charge in [0.1, 0.15) is 11.5 Å². The van der Waals surface area contributed by atoms with E-state index in [-0.39, 0.29) is 11.5 Å². The van der Waals surface area contributed by atoms with Crippen molar-refractivity contribution in [1.29, 1.82) is 0 Å². The largest absolute Gasteiger partial charge is 0.320 e. The molecule has 0 fully saturated rings. The molecular weight excluding hydrogens is 389 g/mol. The number of aromatic nitrogens is 4. The zero-order valence-electron chi connectivity index (χ0n) is 15.4. The number of benzene rings is 2. The summed E-state index contributed by atoms with van der Waals surface area (Å²) in [4.78, 5) is 18.2. The number of carbonyl (C=O) groups excluding carboxylic acids is 1. The summed E-state index contributed by atoms with van der Waals surface area (Å²) in [5, 5.41) is 11.1. The van der Waals surface area contributed by atoms with Crippen molar-refractivity contribution in [2.45, 2.75) is 4.90 Å². The fraction of sp³-hybridized carbons (Fsp3) is 0.0476. The number of anilines is 1. The van der Waals surface area contributed by atoms with Gasteiger partial charge in [-0.2, -0.15) is 0 Å². The molecule has 6 nitrogen and oxygen atoms in total. The molecule has 0 unspecified atom stereocenters. The molecule has 29 heavy (non-hydrogen) atoms. The summed E-state index contributed by atoms with van der Waals surface area (Å²) in [6, 6.07) is 16.9. The molecule has 144 valence electrons. The van der Waals surface area contributed by atoms with E-state index >= 15 is 0 Å². The zero-order chi connectivity index (χ0) is 20.2. The van der Waals surface area contributed by atoms with Crippen LogP contribution in [0.2, 0.25) is 0 Å². The third-order valence-electron chi connectivity index (χ3n) is 4.22. The Morgan fingerprint density at radius 1 is 1.10 bits per heavy atom. The molecule has 0 aliphatic carbocycles. The summed E-state index contributed by atoms with van der Waals surface area (Å²) in [5.41, 5.74) is 2.54. The molecule has 0 aliphatic heterocycles. The normalized spacial score (nSPS) is 10.7. The molecule has 0 radical (unpaired) electrons. The second-order valence-corrected chi connectivity index (χ2v) is 6.98. The van der Waals surface area contributed by atoms with Crippen molar-refractivity contribution in [2.24, 2.45) is 0 Å². The topological polar surface area (TPSA) is 72.7 Å². The van der Waals surface area contributed by atoms with Gasteiger partial charge in [0.2, 0.25) is 0 Å². The average molecular weight is 405 g/mol. The molecule has 0 spiro atoms. The van der Waals surface area contributed by atoms with Gasteiger partial charge in [-0.25, -0.2) is 9.07 Å². The minimum atomic E-state index is -0.393. The van der Waals surface area contributed by atoms with Crippen LogP contribution in [0.4, 0.5) is 10.1 Å². The molecule has 0 bridgehead atoms. The van der Waals surface area contributed by atoms with Crippen LogP contribution in [0.1, 0.15) is 10.5 Å². The highest BCUT2D eigenvalue weighted by atomic mass is 32.2. The van der Waals surface area contributed by atoms with Crippen molar-refractivity contribution in [2.75, 3.05) is 11.6 Å². The van der Waals surface area contributed by atoms with Crippen LogP contribution in [-0.4, -0.2) is 32.1 Å². The maximum atomic E-state index is 13.3. The monoisotopic (exact) mass is 405 g/mol. The number of pyridine rings is 1. The summed E-state index contributed by atoms with van der Waals surface area (Å²) >= 11 is 1.59. The van der Waals surface area contributed by atoms with Crippen molar-refractivity contribution in [3.63, 3.8) is 0 Å². The molecule has 4 aromatic rings. The number of carbonyl (C=O) groups is 1. The summed E-state index contributed by atoms with van der Waals surface area (Å²) in [7, 11) is 0. The first-order chi connectivity index (χ1) is 14.2. The van der Waals surface area contributed by atoms with Gasteiger partial charge in [0.05, 0.1) is 5.69 Å². The van der Waals surface area contributed by atoms with E-state index < -0.39 is 5.91 Å². The van der Waals surface area contributed by atoms with Gasteiger partial charge < -0.3 is 5.32 Å². The van der Waals surface area contributed by atoms with E-state index in [9.17, 15) is 9.18 Å². The van der Waals surface area contributed by atoms with E-state index in [0.29, 0.717) is 22.6 Å². The van der Waals surface area contributed by atoms with Crippen LogP contribution in [0.3, 0.4) is 0 Å². The van der Waals surface area contributed by atoms with Gasteiger partial charge in [-0.05, 0) is 60.9 Å². The summed E-state index contributed by atoms with van der Waals surface area (Å²) in [5.74, 6) is -0.751. The minimum Gasteiger partial charge on any atom is -0.320 e. The standard InChI is InChI=1S/C21H16FN5OS/c1-29-18-6-2-5-16(12-18)24-21(28)19-20(14-4-3-11-23-13-14)27(26-25-19)17-9-7-15(22)8-10-17/h2-13H,1H3,(H,24,28). The first kappa shape index (κ1) is 18.8. The SMILES string of the molecule is CSc1cccc(NC(=O)c2nnn(-c3ccc(F)cc3)c2-c2cccnc2)c1. The Labute approximate surface area is 170 Å². The van der Waals surface area contributed by atoms with E-state index in [1.165, 1.54) is 16.8 Å². The predicted octanol–water partition coefficient (Wildman–Crippen LogP) is 4.44. The third-order valence-corrected chi connectivity index (χ3v) is 4.94. The van der Waals surface area contributed by atoms with Crippen LogP contribution in [-0.2, 0) is 0 Å². The number of thioether (sulfide) groups is 1. The lowest BCUT2D eigenvalue weighted by Crippen LogP contribution is -2.14. The Bertz CT molecular complexity index is 1150. The van der Waals surface area contributed by atoms with Crippen LogP contribution in [0.15, 0.2) is 78.0 Å². The van der Waals surface area contributed by atoms with Gasteiger partial charge in [0, 0.05) is 28.5 Å². The molecule has 1 amide bonds. The molecule has 1 N–H and O–H groups in total. The van der Waals surface area contributed by atoms with Gasteiger partial charge >= 0.3 is 0 Å². The maximum absolute atomic E-state index is 13.3. The number of hydrogen-bond acceptors (Lipinski definition) is 5. The maximum Gasteiger partial charge on any atom is 0.278 e. The van der Waals surface area contributed by atoms with Gasteiger partial charge in [-0.3, -0.25) is 9.78 Å². The Morgan fingerprint density at radius 3 is 2.66 bits per heavy atom. The molecule has 4 rings (SSSR count). The van der Waals surface area contributed by atoms with Gasteiger partial charge in [-0.15, -0.1) is 16.9 Å². The van der Waals surface area contributed by atoms with E-state index in [1.807, 2.05) is 36.6 Å². The highest BCUT2D eigenvalue weighted by molar-refractivity contribution is 7.98. The number of halogens is 1. The number of rotatable bonds is 5. The lowest BCUT2D eigenvalue weighted by molar-refractivity contribution is 0.102. The molecular formula is C21H16FN5OS. The van der Waals surface area contributed by atoms with E-state index in [4.69, 9.17) is 0 Å². The summed E-state index contributed by atoms with van der Waals surface area (Å²) < 4.78 is 14.8. The van der Waals surface area contributed by atoms with E-state index in [2.05, 4.69) is 20.6 Å². The highest BCUT2D eigenvalue weighted by Crippen LogP contribution is 2.26.